The molecule has 1 N–H and O–H groups in total. The minimum atomic E-state index is -0.235. The van der Waals surface area contributed by atoms with E-state index in [0.717, 1.165) is 36.7 Å². The van der Waals surface area contributed by atoms with E-state index in [1.165, 1.54) is 75.6 Å². The lowest BCUT2D eigenvalue weighted by atomic mass is 10.0. The second-order valence-corrected chi connectivity index (χ2v) is 22.9. The molecule has 9 atom stereocenters. The Morgan fingerprint density at radius 3 is 1.20 bits per heavy atom. The van der Waals surface area contributed by atoms with Gasteiger partial charge in [-0.15, -0.1) is 26.9 Å². The minimum Gasteiger partial charge on any atom is -0.338 e. The summed E-state index contributed by atoms with van der Waals surface area (Å²) in [7, 11) is 4.97. The summed E-state index contributed by atoms with van der Waals surface area (Å²) < 4.78 is 23.0. The van der Waals surface area contributed by atoms with E-state index in [2.05, 4.69) is 178 Å². The Morgan fingerprint density at radius 2 is 0.854 bits per heavy atom. The van der Waals surface area contributed by atoms with Crippen molar-refractivity contribution in [2.45, 2.75) is 63.4 Å². The monoisotopic (exact) mass is 1210 g/mol. The maximum Gasteiger partial charge on any atom is 0.281 e. The molecule has 3 fully saturated rings. The van der Waals surface area contributed by atoms with Crippen LogP contribution in [0.5, 0.6) is 0 Å². The van der Waals surface area contributed by atoms with Gasteiger partial charge in [0.15, 0.2) is 34.0 Å². The van der Waals surface area contributed by atoms with E-state index in [0.29, 0.717) is 110 Å². The number of nitrogens with one attached hydrogen (secondary N) is 1. The molecule has 3 aromatic carbocycles. The topological polar surface area (TPSA) is 324 Å². The quantitative estimate of drug-likeness (QED) is 0.129. The van der Waals surface area contributed by atoms with Crippen LogP contribution in [0.4, 0.5) is 0 Å². The average molecular weight is 1210 g/mol. The number of nitrogens with zero attached hydrogens (tertiary/aromatic N) is 20. The SMILES string of the molecule is C.ClCc1nc([C@@H]2[C@H]3C=C(c4ccccc4)C[C@H]32)no1.Cn1nnc2nc[nH]c(=O)c21.Cn1nnc2ncn(Cc3nc([C@@H]4[C@H]5C=C(c6ccccc6)C[C@H]54)no3)c(=O)c21.Cn1nnc2ncn(Cc3nc([C@H]4[C@@H]5C=C(c6ccccc6)C[C@@H]54)no3)c(=O)c21. The lowest BCUT2D eigenvalue weighted by Gasteiger charge is -2.04. The summed E-state index contributed by atoms with van der Waals surface area (Å²) in [5.74, 6) is 8.18. The molecular formula is C61H56ClN21O6. The van der Waals surface area contributed by atoms with Crippen molar-refractivity contribution in [2.75, 3.05) is 0 Å². The molecule has 18 rings (SSSR count). The Kier molecular flexibility index (Phi) is 14.5. The third kappa shape index (κ3) is 10.6. The standard InChI is InChI=1S/2C20H17N7O2.C15H13ClN2O.C5H5N5O.CH4/c2*1-26-17-19(23-25-26)21-10-27(20(17)28)9-15-22-18(24-29-15)16-13-7-12(8-14(13)16)11-5-3-2-4-6-11;16-8-13-17-15(18-19-13)14-11-6-10(7-12(11)14)9-4-2-1-3-5-9;1-10-3-4(8-9-10)6-2-7-5(3)11;/h2*2-7,10,13-14,16H,8-9H2,1H3;1-6,11-12,14H,7-8H2;2H,1H3,(H,6,7,11);1H4/t2*13-,14+,16+;11-,12+,14+;;/m100../s1. The maximum absolute atomic E-state index is 12.6. The Bertz CT molecular complexity index is 4680. The first kappa shape index (κ1) is 56.3. The van der Waals surface area contributed by atoms with Crippen LogP contribution in [0.1, 0.15) is 96.3 Å². The summed E-state index contributed by atoms with van der Waals surface area (Å²) in [5, 5.41) is 35.1. The van der Waals surface area contributed by atoms with E-state index < -0.39 is 0 Å². The van der Waals surface area contributed by atoms with Crippen molar-refractivity contribution in [3.05, 3.63) is 211 Å². The first-order valence-electron chi connectivity index (χ1n) is 28.6. The number of H-pyrrole nitrogens is 1. The Hall–Kier alpha value is -10.6. The minimum absolute atomic E-state index is 0. The summed E-state index contributed by atoms with van der Waals surface area (Å²) >= 11 is 5.68. The predicted molar refractivity (Wildman–Crippen MR) is 322 cm³/mol. The molecule has 6 aliphatic carbocycles. The fourth-order valence-corrected chi connectivity index (χ4v) is 12.9. The van der Waals surface area contributed by atoms with E-state index in [9.17, 15) is 14.4 Å². The van der Waals surface area contributed by atoms with Gasteiger partial charge >= 0.3 is 0 Å². The molecule has 28 heteroatoms. The summed E-state index contributed by atoms with van der Waals surface area (Å²) in [6.45, 7) is 0.347. The summed E-state index contributed by atoms with van der Waals surface area (Å²) in [4.78, 5) is 64.3. The zero-order valence-corrected chi connectivity index (χ0v) is 48.1. The molecule has 0 radical (unpaired) electrons. The fraction of sp³-hybridized carbons (Fsp3) is 0.311. The number of halogens is 1. The van der Waals surface area contributed by atoms with E-state index in [-0.39, 0.29) is 37.2 Å². The van der Waals surface area contributed by atoms with Crippen LogP contribution in [-0.4, -0.2) is 104 Å². The van der Waals surface area contributed by atoms with Gasteiger partial charge in [0.2, 0.25) is 34.6 Å². The Morgan fingerprint density at radius 1 is 0.494 bits per heavy atom. The van der Waals surface area contributed by atoms with E-state index >= 15 is 0 Å². The van der Waals surface area contributed by atoms with Crippen molar-refractivity contribution in [1.82, 2.24) is 104 Å². The van der Waals surface area contributed by atoms with Crippen LogP contribution in [0, 0.1) is 35.5 Å². The highest BCUT2D eigenvalue weighted by molar-refractivity contribution is 6.16. The van der Waals surface area contributed by atoms with E-state index in [1.807, 2.05) is 12.1 Å². The molecule has 27 nitrogen and oxygen atoms in total. The van der Waals surface area contributed by atoms with Crippen LogP contribution in [0.15, 0.2) is 156 Å². The number of rotatable bonds is 11. The van der Waals surface area contributed by atoms with Gasteiger partial charge in [0.05, 0.1) is 6.33 Å². The predicted octanol–water partition coefficient (Wildman–Crippen LogP) is 6.86. The number of allylic oxidation sites excluding steroid dienone is 6. The Balaban J connectivity index is 0.000000109. The molecule has 0 aliphatic heterocycles. The lowest BCUT2D eigenvalue weighted by Crippen LogP contribution is -2.22. The van der Waals surface area contributed by atoms with Gasteiger partial charge in [-0.1, -0.05) is 148 Å². The molecule has 0 bridgehead atoms. The van der Waals surface area contributed by atoms with Crippen LogP contribution in [0.3, 0.4) is 0 Å². The molecule has 9 aromatic heterocycles. The number of aryl methyl sites for hydroxylation is 3. The third-order valence-corrected chi connectivity index (χ3v) is 17.6. The van der Waals surface area contributed by atoms with Gasteiger partial charge in [-0.2, -0.15) is 15.0 Å². The number of fused-ring (bicyclic) bond motifs is 6. The fourth-order valence-electron chi connectivity index (χ4n) is 12.8. The smallest absolute Gasteiger partial charge is 0.281 e. The van der Waals surface area contributed by atoms with Gasteiger partial charge < -0.3 is 18.6 Å². The molecule has 0 unspecified atom stereocenters. The van der Waals surface area contributed by atoms with Crippen LogP contribution in [0.2, 0.25) is 0 Å². The first-order valence-corrected chi connectivity index (χ1v) is 29.1. The van der Waals surface area contributed by atoms with Crippen molar-refractivity contribution < 1.29 is 13.6 Å². The van der Waals surface area contributed by atoms with E-state index in [4.69, 9.17) is 25.2 Å². The second-order valence-electron chi connectivity index (χ2n) is 22.6. The van der Waals surface area contributed by atoms with Crippen LogP contribution in [-0.2, 0) is 40.1 Å². The van der Waals surface area contributed by atoms with Crippen molar-refractivity contribution in [1.29, 1.82) is 0 Å². The molecule has 0 saturated heterocycles. The molecule has 3 saturated carbocycles. The van der Waals surface area contributed by atoms with Crippen molar-refractivity contribution >= 4 is 61.8 Å². The second kappa shape index (κ2) is 22.9. The third-order valence-electron chi connectivity index (χ3n) is 17.3. The van der Waals surface area contributed by atoms with Crippen molar-refractivity contribution in [3.63, 3.8) is 0 Å². The number of benzene rings is 3. The molecule has 0 spiro atoms. The van der Waals surface area contributed by atoms with Crippen LogP contribution < -0.4 is 16.7 Å². The summed E-state index contributed by atoms with van der Waals surface area (Å²) in [5.41, 5.74) is 9.60. The van der Waals surface area contributed by atoms with Gasteiger partial charge in [-0.05, 0) is 88.2 Å². The maximum atomic E-state index is 12.6. The number of hydrogen-bond donors (Lipinski definition) is 1. The van der Waals surface area contributed by atoms with Gasteiger partial charge in [0.1, 0.15) is 31.6 Å². The molecule has 448 valence electrons. The molecule has 9 heterocycles. The molecule has 0 amide bonds. The summed E-state index contributed by atoms with van der Waals surface area (Å²) in [6, 6.07) is 31.5. The van der Waals surface area contributed by atoms with Crippen LogP contribution >= 0.6 is 11.6 Å². The van der Waals surface area contributed by atoms with E-state index in [1.54, 1.807) is 21.1 Å². The number of aromatic nitrogens is 21. The average Bonchev–Trinajstić information content (AvgIpc) is 1.66. The zero-order valence-electron chi connectivity index (χ0n) is 47.3. The largest absolute Gasteiger partial charge is 0.338 e. The molecular weight excluding hydrogens is 1160 g/mol. The first-order chi connectivity index (χ1) is 43.0. The van der Waals surface area contributed by atoms with Crippen molar-refractivity contribution in [2.24, 2.45) is 56.7 Å². The van der Waals surface area contributed by atoms with Gasteiger partial charge in [0, 0.05) is 38.9 Å². The lowest BCUT2D eigenvalue weighted by molar-refractivity contribution is 0.363. The number of aromatic amines is 1. The number of hydrogen-bond acceptors (Lipinski definition) is 21. The Labute approximate surface area is 508 Å². The van der Waals surface area contributed by atoms with Gasteiger partial charge in [-0.3, -0.25) is 23.5 Å². The highest BCUT2D eigenvalue weighted by atomic mass is 35.5. The highest BCUT2D eigenvalue weighted by Gasteiger charge is 2.57. The van der Waals surface area contributed by atoms with Crippen molar-refractivity contribution in [3.8, 4) is 0 Å². The molecule has 12 aromatic rings. The van der Waals surface area contributed by atoms with Gasteiger partial charge in [-0.25, -0.2) is 29.0 Å². The van der Waals surface area contributed by atoms with Crippen LogP contribution in [0.25, 0.3) is 50.2 Å². The zero-order chi connectivity index (χ0) is 59.7. The molecule has 89 heavy (non-hydrogen) atoms. The molecule has 6 aliphatic rings. The summed E-state index contributed by atoms with van der Waals surface area (Å²) in [6.07, 6.45) is 14.4. The number of alkyl halides is 1. The normalized spacial score (nSPS) is 22.1. The van der Waals surface area contributed by atoms with Gasteiger partial charge in [0.25, 0.3) is 16.7 Å². The highest BCUT2D eigenvalue weighted by Crippen LogP contribution is 2.64.